The second kappa shape index (κ2) is 8.08. The van der Waals surface area contributed by atoms with Crippen LogP contribution >= 0.6 is 0 Å². The third-order valence-corrected chi connectivity index (χ3v) is 3.73. The normalized spacial score (nSPS) is 12.9. The fraction of sp³-hybridized carbons (Fsp3) is 0.800. The number of carbonyl (C=O) groups excluding carboxylic acids is 1. The maximum absolute atomic E-state index is 10.9. The van der Waals surface area contributed by atoms with E-state index in [0.29, 0.717) is 6.42 Å². The first-order valence-electron chi connectivity index (χ1n) is 7.37. The molecule has 0 aliphatic carbocycles. The van der Waals surface area contributed by atoms with Crippen LogP contribution in [0, 0.1) is 11.8 Å². The first-order chi connectivity index (χ1) is 8.99. The first kappa shape index (κ1) is 15.9. The van der Waals surface area contributed by atoms with Crippen molar-refractivity contribution >= 4 is 5.78 Å². The van der Waals surface area contributed by atoms with Crippen LogP contribution in [-0.2, 0) is 17.8 Å². The highest BCUT2D eigenvalue weighted by molar-refractivity contribution is 5.75. The summed E-state index contributed by atoms with van der Waals surface area (Å²) in [5.74, 6) is 1.76. The van der Waals surface area contributed by atoms with Gasteiger partial charge in [0.1, 0.15) is 5.78 Å². The van der Waals surface area contributed by atoms with E-state index in [-0.39, 0.29) is 5.78 Å². The van der Waals surface area contributed by atoms with Crippen molar-refractivity contribution < 1.29 is 4.79 Å². The van der Waals surface area contributed by atoms with Crippen molar-refractivity contribution in [2.24, 2.45) is 11.8 Å². The molecule has 0 saturated carbocycles. The standard InChI is InChI=1S/C15H27N3O/c1-12(2)13(3)7-6-10-18-11-15(16-17-18)9-5-8-14(4)19/h11-13H,5-10H2,1-4H3. The molecule has 1 rings (SSSR count). The minimum atomic E-state index is 0.245. The van der Waals surface area contributed by atoms with Crippen LogP contribution < -0.4 is 0 Å². The van der Waals surface area contributed by atoms with Crippen molar-refractivity contribution in [1.29, 1.82) is 0 Å². The predicted molar refractivity (Wildman–Crippen MR) is 76.9 cm³/mol. The SMILES string of the molecule is CC(=O)CCCc1cn(CCCC(C)C(C)C)nn1. The molecule has 19 heavy (non-hydrogen) atoms. The number of Topliss-reactive ketones (excluding diaryl/α,β-unsaturated/α-hetero) is 1. The van der Waals surface area contributed by atoms with Gasteiger partial charge in [0.25, 0.3) is 0 Å². The largest absolute Gasteiger partial charge is 0.300 e. The lowest BCUT2D eigenvalue weighted by Gasteiger charge is -2.14. The molecule has 0 aliphatic rings. The van der Waals surface area contributed by atoms with E-state index in [1.807, 2.05) is 10.9 Å². The van der Waals surface area contributed by atoms with Crippen molar-refractivity contribution in [2.45, 2.75) is 66.3 Å². The molecule has 0 N–H and O–H groups in total. The lowest BCUT2D eigenvalue weighted by atomic mass is 9.93. The molecule has 0 radical (unpaired) electrons. The first-order valence-corrected chi connectivity index (χ1v) is 7.37. The monoisotopic (exact) mass is 265 g/mol. The van der Waals surface area contributed by atoms with Crippen LogP contribution in [0.25, 0.3) is 0 Å². The fourth-order valence-corrected chi connectivity index (χ4v) is 1.99. The van der Waals surface area contributed by atoms with E-state index >= 15 is 0 Å². The number of carbonyl (C=O) groups is 1. The van der Waals surface area contributed by atoms with Crippen LogP contribution in [0.4, 0.5) is 0 Å². The molecule has 0 bridgehead atoms. The van der Waals surface area contributed by atoms with Crippen molar-refractivity contribution in [1.82, 2.24) is 15.0 Å². The van der Waals surface area contributed by atoms with Crippen LogP contribution in [0.15, 0.2) is 6.20 Å². The maximum atomic E-state index is 10.9. The summed E-state index contributed by atoms with van der Waals surface area (Å²) in [5, 5.41) is 8.28. The summed E-state index contributed by atoms with van der Waals surface area (Å²) in [5.41, 5.74) is 0.998. The third-order valence-electron chi connectivity index (χ3n) is 3.73. The molecule has 108 valence electrons. The number of aromatic nitrogens is 3. The number of rotatable bonds is 9. The predicted octanol–water partition coefficient (Wildman–Crippen LogP) is 3.26. The topological polar surface area (TPSA) is 47.8 Å². The van der Waals surface area contributed by atoms with Gasteiger partial charge in [0.05, 0.1) is 5.69 Å². The van der Waals surface area contributed by atoms with Crippen LogP contribution in [0.1, 0.15) is 59.1 Å². The molecule has 1 aromatic rings. The number of aryl methyl sites for hydroxylation is 2. The highest BCUT2D eigenvalue weighted by Gasteiger charge is 2.07. The average Bonchev–Trinajstić information content (AvgIpc) is 2.76. The summed E-state index contributed by atoms with van der Waals surface area (Å²) in [4.78, 5) is 10.9. The van der Waals surface area contributed by atoms with Gasteiger partial charge < -0.3 is 4.79 Å². The summed E-state index contributed by atoms with van der Waals surface area (Å²) < 4.78 is 1.93. The molecule has 4 heteroatoms. The average molecular weight is 265 g/mol. The van der Waals surface area contributed by atoms with Gasteiger partial charge in [0, 0.05) is 19.2 Å². The quantitative estimate of drug-likeness (QED) is 0.688. The minimum Gasteiger partial charge on any atom is -0.300 e. The Balaban J connectivity index is 2.25. The van der Waals surface area contributed by atoms with E-state index in [1.165, 1.54) is 6.42 Å². The Morgan fingerprint density at radius 1 is 1.32 bits per heavy atom. The molecule has 0 spiro atoms. The molecule has 1 aromatic heterocycles. The zero-order valence-corrected chi connectivity index (χ0v) is 12.7. The Labute approximate surface area is 116 Å². The van der Waals surface area contributed by atoms with E-state index in [1.54, 1.807) is 6.92 Å². The number of ketones is 1. The molecule has 0 aliphatic heterocycles. The summed E-state index contributed by atoms with van der Waals surface area (Å²) >= 11 is 0. The van der Waals surface area contributed by atoms with E-state index in [9.17, 15) is 4.79 Å². The van der Waals surface area contributed by atoms with Gasteiger partial charge in [-0.15, -0.1) is 5.10 Å². The van der Waals surface area contributed by atoms with Crippen molar-refractivity contribution in [3.63, 3.8) is 0 Å². The van der Waals surface area contributed by atoms with Gasteiger partial charge in [-0.05, 0) is 44.4 Å². The molecule has 0 fully saturated rings. The van der Waals surface area contributed by atoms with Crippen LogP contribution in [0.2, 0.25) is 0 Å². The number of nitrogens with zero attached hydrogens (tertiary/aromatic N) is 3. The molecular weight excluding hydrogens is 238 g/mol. The van der Waals surface area contributed by atoms with Gasteiger partial charge in [-0.2, -0.15) is 0 Å². The highest BCUT2D eigenvalue weighted by Crippen LogP contribution is 2.16. The lowest BCUT2D eigenvalue weighted by Crippen LogP contribution is -2.06. The van der Waals surface area contributed by atoms with Crippen LogP contribution in [0.5, 0.6) is 0 Å². The van der Waals surface area contributed by atoms with Gasteiger partial charge in [0.2, 0.25) is 0 Å². The summed E-state index contributed by atoms with van der Waals surface area (Å²) in [7, 11) is 0. The number of hydrogen-bond donors (Lipinski definition) is 0. The molecule has 1 unspecified atom stereocenters. The second-order valence-corrected chi connectivity index (χ2v) is 5.89. The van der Waals surface area contributed by atoms with E-state index in [4.69, 9.17) is 0 Å². The van der Waals surface area contributed by atoms with Crippen molar-refractivity contribution in [3.8, 4) is 0 Å². The zero-order valence-electron chi connectivity index (χ0n) is 12.7. The summed E-state index contributed by atoms with van der Waals surface area (Å²) in [6.45, 7) is 9.42. The van der Waals surface area contributed by atoms with Gasteiger partial charge in [-0.25, -0.2) is 0 Å². The highest BCUT2D eigenvalue weighted by atomic mass is 16.1. The van der Waals surface area contributed by atoms with E-state index in [0.717, 1.165) is 43.3 Å². The lowest BCUT2D eigenvalue weighted by molar-refractivity contribution is -0.117. The van der Waals surface area contributed by atoms with Crippen molar-refractivity contribution in [3.05, 3.63) is 11.9 Å². The Hall–Kier alpha value is -1.19. The Bertz CT molecular complexity index is 384. The van der Waals surface area contributed by atoms with Crippen molar-refractivity contribution in [2.75, 3.05) is 0 Å². The van der Waals surface area contributed by atoms with Gasteiger partial charge in [-0.1, -0.05) is 26.0 Å². The molecule has 4 nitrogen and oxygen atoms in total. The smallest absolute Gasteiger partial charge is 0.129 e. The molecule has 1 atom stereocenters. The Morgan fingerprint density at radius 2 is 2.05 bits per heavy atom. The number of hydrogen-bond acceptors (Lipinski definition) is 3. The van der Waals surface area contributed by atoms with Crippen LogP contribution in [-0.4, -0.2) is 20.8 Å². The molecular formula is C15H27N3O. The molecule has 1 heterocycles. The van der Waals surface area contributed by atoms with Crippen LogP contribution in [0.3, 0.4) is 0 Å². The second-order valence-electron chi connectivity index (χ2n) is 5.89. The Kier molecular flexibility index (Phi) is 6.74. The maximum Gasteiger partial charge on any atom is 0.129 e. The molecule has 0 amide bonds. The zero-order chi connectivity index (χ0) is 14.3. The van der Waals surface area contributed by atoms with Gasteiger partial charge in [0.15, 0.2) is 0 Å². The van der Waals surface area contributed by atoms with E-state index in [2.05, 4.69) is 31.1 Å². The van der Waals surface area contributed by atoms with E-state index < -0.39 is 0 Å². The Morgan fingerprint density at radius 3 is 2.68 bits per heavy atom. The molecule has 0 saturated heterocycles. The molecule has 0 aromatic carbocycles. The minimum absolute atomic E-state index is 0.245. The van der Waals surface area contributed by atoms with Gasteiger partial charge in [-0.3, -0.25) is 4.68 Å². The summed E-state index contributed by atoms with van der Waals surface area (Å²) in [6, 6.07) is 0. The summed E-state index contributed by atoms with van der Waals surface area (Å²) in [6.07, 6.45) is 6.76. The fourth-order valence-electron chi connectivity index (χ4n) is 1.99. The third kappa shape index (κ3) is 6.50. The van der Waals surface area contributed by atoms with Gasteiger partial charge >= 0.3 is 0 Å².